The summed E-state index contributed by atoms with van der Waals surface area (Å²) in [6, 6.07) is 5.19. The van der Waals surface area contributed by atoms with Crippen LogP contribution < -0.4 is 16.0 Å². The van der Waals surface area contributed by atoms with Crippen molar-refractivity contribution in [3.05, 3.63) is 51.7 Å². The number of nitrogen functional groups attached to an aromatic ring is 1. The third-order valence-corrected chi connectivity index (χ3v) is 3.63. The van der Waals surface area contributed by atoms with E-state index in [-0.39, 0.29) is 17.4 Å². The van der Waals surface area contributed by atoms with E-state index in [1.165, 1.54) is 4.57 Å². The molecule has 7 heteroatoms. The van der Waals surface area contributed by atoms with E-state index in [4.69, 9.17) is 22.1 Å². The van der Waals surface area contributed by atoms with Crippen molar-refractivity contribution in [2.75, 3.05) is 5.73 Å². The number of nitrogens with one attached hydrogen (secondary N) is 1. The van der Waals surface area contributed by atoms with E-state index >= 15 is 0 Å². The fraction of sp³-hybridized carbons (Fsp3) is 0.250. The molecule has 3 aromatic rings. The number of fused-ring (bicyclic) bond motifs is 1. The van der Waals surface area contributed by atoms with Crippen LogP contribution in [0, 0.1) is 0 Å². The Bertz CT molecular complexity index is 914. The lowest BCUT2D eigenvalue weighted by Gasteiger charge is -2.11. The van der Waals surface area contributed by atoms with Gasteiger partial charge in [0.1, 0.15) is 10.5 Å². The second kappa shape index (κ2) is 5.96. The van der Waals surface area contributed by atoms with Gasteiger partial charge in [-0.1, -0.05) is 11.6 Å². The molecule has 0 bridgehead atoms. The van der Waals surface area contributed by atoms with Crippen molar-refractivity contribution in [1.29, 1.82) is 0 Å². The zero-order valence-electron chi connectivity index (χ0n) is 12.8. The van der Waals surface area contributed by atoms with Crippen LogP contribution >= 0.6 is 11.6 Å². The van der Waals surface area contributed by atoms with E-state index in [2.05, 4.69) is 9.97 Å². The quantitative estimate of drug-likeness (QED) is 0.769. The minimum absolute atomic E-state index is 0.0126. The number of hydrogen-bond donors (Lipinski definition) is 2. The van der Waals surface area contributed by atoms with Gasteiger partial charge >= 0.3 is 0 Å². The fourth-order valence-corrected chi connectivity index (χ4v) is 2.56. The topological polar surface area (TPSA) is 85.9 Å². The van der Waals surface area contributed by atoms with Crippen LogP contribution in [0.3, 0.4) is 0 Å². The number of H-pyrrole nitrogens is 1. The Morgan fingerprint density at radius 2 is 2.26 bits per heavy atom. The van der Waals surface area contributed by atoms with E-state index in [9.17, 15) is 4.79 Å². The summed E-state index contributed by atoms with van der Waals surface area (Å²) in [6.07, 6.45) is 3.24. The Kier molecular flexibility index (Phi) is 4.00. The molecule has 3 N–H and O–H groups in total. The van der Waals surface area contributed by atoms with Gasteiger partial charge in [0.05, 0.1) is 30.0 Å². The average molecular weight is 333 g/mol. The predicted molar refractivity (Wildman–Crippen MR) is 91.1 cm³/mol. The van der Waals surface area contributed by atoms with Crippen molar-refractivity contribution in [3.8, 4) is 5.75 Å². The molecule has 0 fully saturated rings. The Balaban J connectivity index is 2.03. The number of nitrogens with two attached hydrogens (primary N) is 1. The van der Waals surface area contributed by atoms with Crippen molar-refractivity contribution in [3.63, 3.8) is 0 Å². The first-order chi connectivity index (χ1) is 11.0. The van der Waals surface area contributed by atoms with Gasteiger partial charge in [-0.2, -0.15) is 0 Å². The molecule has 6 nitrogen and oxygen atoms in total. The third kappa shape index (κ3) is 3.03. The standard InChI is InChI=1S/C16H17ClN4O2/c1-9(2)23-15-11(17)7-19-13-6-10(20-14(13)15)8-21-5-3-4-12(18)16(21)22/h3-7,9,20H,8,18H2,1-2H3. The molecule has 0 aliphatic rings. The lowest BCUT2D eigenvalue weighted by Crippen LogP contribution is -2.22. The van der Waals surface area contributed by atoms with Crippen molar-refractivity contribution < 1.29 is 4.74 Å². The monoisotopic (exact) mass is 332 g/mol. The highest BCUT2D eigenvalue weighted by molar-refractivity contribution is 6.32. The summed E-state index contributed by atoms with van der Waals surface area (Å²) in [5, 5.41) is 0.445. The zero-order chi connectivity index (χ0) is 16.6. The van der Waals surface area contributed by atoms with Crippen molar-refractivity contribution >= 4 is 28.3 Å². The summed E-state index contributed by atoms with van der Waals surface area (Å²) in [4.78, 5) is 19.5. The molecule has 0 atom stereocenters. The minimum Gasteiger partial charge on any atom is -0.487 e. The van der Waals surface area contributed by atoms with Gasteiger partial charge in [-0.3, -0.25) is 9.78 Å². The Hall–Kier alpha value is -2.47. The highest BCUT2D eigenvalue weighted by atomic mass is 35.5. The highest BCUT2D eigenvalue weighted by Gasteiger charge is 2.14. The number of nitrogens with zero attached hydrogens (tertiary/aromatic N) is 2. The lowest BCUT2D eigenvalue weighted by atomic mass is 10.3. The molecule has 120 valence electrons. The first kappa shape index (κ1) is 15.4. The SMILES string of the molecule is CC(C)Oc1c(Cl)cnc2cc(Cn3cccc(N)c3=O)[nH]c12. The largest absolute Gasteiger partial charge is 0.487 e. The van der Waals surface area contributed by atoms with Gasteiger partial charge in [-0.05, 0) is 32.0 Å². The number of aromatic amines is 1. The van der Waals surface area contributed by atoms with Crippen LogP contribution in [0.1, 0.15) is 19.5 Å². The minimum atomic E-state index is -0.226. The van der Waals surface area contributed by atoms with E-state index in [0.717, 1.165) is 16.7 Å². The zero-order valence-corrected chi connectivity index (χ0v) is 13.6. The number of aromatic nitrogens is 3. The Labute approximate surface area is 137 Å². The van der Waals surface area contributed by atoms with Gasteiger partial charge in [0.2, 0.25) is 0 Å². The first-order valence-corrected chi connectivity index (χ1v) is 7.61. The Morgan fingerprint density at radius 3 is 3.00 bits per heavy atom. The van der Waals surface area contributed by atoms with Gasteiger partial charge in [0.15, 0.2) is 5.75 Å². The highest BCUT2D eigenvalue weighted by Crippen LogP contribution is 2.32. The van der Waals surface area contributed by atoms with Crippen molar-refractivity contribution in [1.82, 2.24) is 14.5 Å². The second-order valence-corrected chi connectivity index (χ2v) is 5.96. The summed E-state index contributed by atoms with van der Waals surface area (Å²) in [5.41, 5.74) is 7.91. The van der Waals surface area contributed by atoms with Crippen molar-refractivity contribution in [2.45, 2.75) is 26.5 Å². The summed E-state index contributed by atoms with van der Waals surface area (Å²) in [5.74, 6) is 0.567. The van der Waals surface area contributed by atoms with Crippen molar-refractivity contribution in [2.24, 2.45) is 0 Å². The number of rotatable bonds is 4. The van der Waals surface area contributed by atoms with Crippen LogP contribution in [0.4, 0.5) is 5.69 Å². The number of halogens is 1. The molecule has 0 saturated heterocycles. The molecule has 3 rings (SSSR count). The first-order valence-electron chi connectivity index (χ1n) is 7.23. The maximum absolute atomic E-state index is 12.0. The maximum atomic E-state index is 12.0. The molecule has 3 aromatic heterocycles. The average Bonchev–Trinajstić information content (AvgIpc) is 2.90. The molecule has 23 heavy (non-hydrogen) atoms. The van der Waals surface area contributed by atoms with Crippen LogP contribution in [-0.4, -0.2) is 20.6 Å². The van der Waals surface area contributed by atoms with Gasteiger partial charge in [-0.15, -0.1) is 0 Å². The Morgan fingerprint density at radius 1 is 1.48 bits per heavy atom. The van der Waals surface area contributed by atoms with E-state index in [1.807, 2.05) is 19.9 Å². The second-order valence-electron chi connectivity index (χ2n) is 5.55. The van der Waals surface area contributed by atoms with Crippen LogP contribution in [0.5, 0.6) is 5.75 Å². The fourth-order valence-electron chi connectivity index (χ4n) is 2.38. The summed E-state index contributed by atoms with van der Waals surface area (Å²) < 4.78 is 7.31. The number of anilines is 1. The van der Waals surface area contributed by atoms with Crippen LogP contribution in [0.2, 0.25) is 5.02 Å². The summed E-state index contributed by atoms with van der Waals surface area (Å²) in [6.45, 7) is 4.22. The maximum Gasteiger partial charge on any atom is 0.274 e. The molecular weight excluding hydrogens is 316 g/mol. The molecule has 0 amide bonds. The number of pyridine rings is 2. The smallest absolute Gasteiger partial charge is 0.274 e. The summed E-state index contributed by atoms with van der Waals surface area (Å²) >= 11 is 6.18. The molecule has 0 aliphatic heterocycles. The molecule has 0 radical (unpaired) electrons. The molecular formula is C16H17ClN4O2. The lowest BCUT2D eigenvalue weighted by molar-refractivity contribution is 0.245. The van der Waals surface area contributed by atoms with Gasteiger partial charge in [0.25, 0.3) is 5.56 Å². The summed E-state index contributed by atoms with van der Waals surface area (Å²) in [7, 11) is 0. The van der Waals surface area contributed by atoms with E-state index in [1.54, 1.807) is 24.5 Å². The van der Waals surface area contributed by atoms with Gasteiger partial charge in [-0.25, -0.2) is 0 Å². The molecule has 0 aromatic carbocycles. The third-order valence-electron chi connectivity index (χ3n) is 3.36. The van der Waals surface area contributed by atoms with Crippen LogP contribution in [-0.2, 0) is 6.54 Å². The predicted octanol–water partition coefficient (Wildman–Crippen LogP) is 2.80. The normalized spacial score (nSPS) is 11.3. The number of hydrogen-bond acceptors (Lipinski definition) is 4. The molecule has 3 heterocycles. The molecule has 0 spiro atoms. The van der Waals surface area contributed by atoms with Gasteiger partial charge in [0, 0.05) is 11.9 Å². The van der Waals surface area contributed by atoms with E-state index < -0.39 is 0 Å². The van der Waals surface area contributed by atoms with E-state index in [0.29, 0.717) is 17.3 Å². The molecule has 0 unspecified atom stereocenters. The van der Waals surface area contributed by atoms with Gasteiger partial charge < -0.3 is 20.0 Å². The molecule has 0 saturated carbocycles. The molecule has 0 aliphatic carbocycles. The van der Waals surface area contributed by atoms with Crippen LogP contribution in [0.15, 0.2) is 35.4 Å². The van der Waals surface area contributed by atoms with Crippen LogP contribution in [0.25, 0.3) is 11.0 Å². The number of ether oxygens (including phenoxy) is 1.